The Morgan fingerprint density at radius 1 is 1.11 bits per heavy atom. The number of piperidine rings is 1. The van der Waals surface area contributed by atoms with Crippen molar-refractivity contribution in [3.8, 4) is 17.1 Å². The van der Waals surface area contributed by atoms with Gasteiger partial charge in [-0.25, -0.2) is 0 Å². The van der Waals surface area contributed by atoms with Crippen molar-refractivity contribution in [2.45, 2.75) is 45.4 Å². The van der Waals surface area contributed by atoms with Crippen molar-refractivity contribution in [2.75, 3.05) is 25.0 Å². The molecule has 1 fully saturated rings. The van der Waals surface area contributed by atoms with Crippen LogP contribution >= 0.6 is 0 Å². The van der Waals surface area contributed by atoms with E-state index in [0.29, 0.717) is 37.1 Å². The van der Waals surface area contributed by atoms with Gasteiger partial charge in [-0.1, -0.05) is 44.1 Å². The van der Waals surface area contributed by atoms with Gasteiger partial charge >= 0.3 is 0 Å². The van der Waals surface area contributed by atoms with Crippen LogP contribution < -0.4 is 10.1 Å². The molecule has 1 saturated heterocycles. The van der Waals surface area contributed by atoms with Gasteiger partial charge in [0, 0.05) is 29.8 Å². The highest BCUT2D eigenvalue weighted by molar-refractivity contribution is 5.93. The number of ether oxygens (including phenoxy) is 1. The van der Waals surface area contributed by atoms with Crippen molar-refractivity contribution in [1.29, 1.82) is 0 Å². The molecular weight excluding hydrogens is 444 g/mol. The zero-order valence-electron chi connectivity index (χ0n) is 20.5. The fourth-order valence-electron chi connectivity index (χ4n) is 3.94. The summed E-state index contributed by atoms with van der Waals surface area (Å²) in [6, 6.07) is 16.8. The Morgan fingerprint density at radius 3 is 2.54 bits per heavy atom. The molecule has 1 unspecified atom stereocenters. The lowest BCUT2D eigenvalue weighted by Crippen LogP contribution is -2.44. The molecule has 184 valence electrons. The van der Waals surface area contributed by atoms with Gasteiger partial charge in [0.1, 0.15) is 5.75 Å². The number of nitrogens with zero attached hydrogens (tertiary/aromatic N) is 3. The van der Waals surface area contributed by atoms with Gasteiger partial charge in [0.25, 0.3) is 0 Å². The molecule has 2 heterocycles. The lowest BCUT2D eigenvalue weighted by molar-refractivity contribution is -0.135. The molecule has 1 aliphatic heterocycles. The fraction of sp³-hybridized carbons (Fsp3) is 0.407. The normalized spacial score (nSPS) is 16.1. The molecule has 3 aromatic rings. The van der Waals surface area contributed by atoms with Crippen LogP contribution in [0.2, 0.25) is 0 Å². The molecule has 35 heavy (non-hydrogen) atoms. The Hall–Kier alpha value is -3.68. The number of likely N-dealkylation sites (tertiary alicyclic amines) is 1. The zero-order valence-corrected chi connectivity index (χ0v) is 20.5. The minimum absolute atomic E-state index is 0.0116. The van der Waals surface area contributed by atoms with Gasteiger partial charge in [0.05, 0.1) is 18.9 Å². The third-order valence-electron chi connectivity index (χ3n) is 5.95. The van der Waals surface area contributed by atoms with Gasteiger partial charge in [-0.3, -0.25) is 9.59 Å². The Labute approximate surface area is 205 Å². The number of hydrogen-bond donors (Lipinski definition) is 1. The Bertz CT molecular complexity index is 1140. The van der Waals surface area contributed by atoms with Crippen LogP contribution in [0.3, 0.4) is 0 Å². The van der Waals surface area contributed by atoms with Crippen molar-refractivity contribution in [1.82, 2.24) is 15.0 Å². The summed E-state index contributed by atoms with van der Waals surface area (Å²) in [5.74, 6) is 1.53. The van der Waals surface area contributed by atoms with Crippen LogP contribution in [-0.2, 0) is 15.0 Å². The third kappa shape index (κ3) is 6.47. The second-order valence-electron chi connectivity index (χ2n) is 9.83. The highest BCUT2D eigenvalue weighted by atomic mass is 16.5. The monoisotopic (exact) mass is 476 g/mol. The number of nitrogens with one attached hydrogen (secondary N) is 1. The van der Waals surface area contributed by atoms with E-state index in [1.165, 1.54) is 0 Å². The lowest BCUT2D eigenvalue weighted by atomic mass is 9.96. The van der Waals surface area contributed by atoms with E-state index in [-0.39, 0.29) is 29.6 Å². The number of amides is 2. The Balaban J connectivity index is 1.28. The molecule has 1 aromatic heterocycles. The van der Waals surface area contributed by atoms with Crippen LogP contribution in [0.1, 0.15) is 45.9 Å². The fourth-order valence-corrected chi connectivity index (χ4v) is 3.94. The van der Waals surface area contributed by atoms with Gasteiger partial charge < -0.3 is 19.5 Å². The summed E-state index contributed by atoms with van der Waals surface area (Å²) >= 11 is 0. The first-order valence-electron chi connectivity index (χ1n) is 12.0. The van der Waals surface area contributed by atoms with Gasteiger partial charge in [-0.05, 0) is 49.2 Å². The average molecular weight is 477 g/mol. The van der Waals surface area contributed by atoms with Crippen molar-refractivity contribution in [3.05, 3.63) is 60.5 Å². The van der Waals surface area contributed by atoms with E-state index in [1.807, 2.05) is 75.4 Å². The standard InChI is InChI=1S/C27H32N4O4/c1-27(2,3)26-29-24(30-35-26)19-11-13-21(14-12-19)28-25(33)20-8-7-16-31(18-20)23(32)15-17-34-22-9-5-4-6-10-22/h4-6,9-14,20H,7-8,15-18H2,1-3H3,(H,28,33). The average Bonchev–Trinajstić information content (AvgIpc) is 3.36. The van der Waals surface area contributed by atoms with Crippen LogP contribution in [0.25, 0.3) is 11.4 Å². The molecule has 1 N–H and O–H groups in total. The molecule has 0 bridgehead atoms. The molecule has 8 heteroatoms. The number of benzene rings is 2. The number of hydrogen-bond acceptors (Lipinski definition) is 6. The molecule has 2 amide bonds. The number of rotatable bonds is 7. The van der Waals surface area contributed by atoms with Crippen LogP contribution in [0.15, 0.2) is 59.1 Å². The molecule has 0 spiro atoms. The van der Waals surface area contributed by atoms with Gasteiger partial charge in [0.15, 0.2) is 0 Å². The van der Waals surface area contributed by atoms with Crippen molar-refractivity contribution in [2.24, 2.45) is 5.92 Å². The van der Waals surface area contributed by atoms with E-state index < -0.39 is 0 Å². The second-order valence-corrected chi connectivity index (χ2v) is 9.83. The maximum Gasteiger partial charge on any atom is 0.232 e. The summed E-state index contributed by atoms with van der Waals surface area (Å²) in [5.41, 5.74) is 1.29. The summed E-state index contributed by atoms with van der Waals surface area (Å²) in [4.78, 5) is 31.8. The predicted octanol–water partition coefficient (Wildman–Crippen LogP) is 4.68. The smallest absolute Gasteiger partial charge is 0.232 e. The quantitative estimate of drug-likeness (QED) is 0.532. The topological polar surface area (TPSA) is 97.6 Å². The second kappa shape index (κ2) is 10.7. The summed E-state index contributed by atoms with van der Waals surface area (Å²) in [6.45, 7) is 7.46. The van der Waals surface area contributed by atoms with Crippen molar-refractivity contribution >= 4 is 17.5 Å². The maximum absolute atomic E-state index is 12.9. The molecule has 1 atom stereocenters. The first kappa shape index (κ1) is 24.4. The Kier molecular flexibility index (Phi) is 7.48. The molecular formula is C27H32N4O4. The number of carbonyl (C=O) groups is 2. The minimum Gasteiger partial charge on any atom is -0.493 e. The Morgan fingerprint density at radius 2 is 1.86 bits per heavy atom. The van der Waals surface area contributed by atoms with Crippen LogP contribution in [0.4, 0.5) is 5.69 Å². The minimum atomic E-state index is -0.242. The molecule has 0 aliphatic carbocycles. The first-order valence-corrected chi connectivity index (χ1v) is 12.0. The number of aromatic nitrogens is 2. The highest BCUT2D eigenvalue weighted by Crippen LogP contribution is 2.25. The van der Waals surface area contributed by atoms with Gasteiger partial charge in [-0.2, -0.15) is 4.98 Å². The predicted molar refractivity (Wildman–Crippen MR) is 133 cm³/mol. The number of anilines is 1. The van der Waals surface area contributed by atoms with Crippen LogP contribution in [-0.4, -0.2) is 46.6 Å². The van der Waals surface area contributed by atoms with Gasteiger partial charge in [-0.15, -0.1) is 0 Å². The first-order chi connectivity index (χ1) is 16.8. The summed E-state index contributed by atoms with van der Waals surface area (Å²) in [7, 11) is 0. The number of carbonyl (C=O) groups excluding carboxylic acids is 2. The zero-order chi connectivity index (χ0) is 24.8. The maximum atomic E-state index is 12.9. The molecule has 0 saturated carbocycles. The largest absolute Gasteiger partial charge is 0.493 e. The third-order valence-corrected chi connectivity index (χ3v) is 5.95. The van der Waals surface area contributed by atoms with Crippen molar-refractivity contribution < 1.29 is 18.8 Å². The van der Waals surface area contributed by atoms with E-state index in [1.54, 1.807) is 4.90 Å². The summed E-state index contributed by atoms with van der Waals surface area (Å²) in [6.07, 6.45) is 1.85. The van der Waals surface area contributed by atoms with Gasteiger partial charge in [0.2, 0.25) is 23.5 Å². The van der Waals surface area contributed by atoms with E-state index in [0.717, 1.165) is 24.2 Å². The molecule has 4 rings (SSSR count). The van der Waals surface area contributed by atoms with Crippen molar-refractivity contribution in [3.63, 3.8) is 0 Å². The molecule has 1 aliphatic rings. The SMILES string of the molecule is CC(C)(C)c1nc(-c2ccc(NC(=O)C3CCCN(C(=O)CCOc4ccccc4)C3)cc2)no1. The summed E-state index contributed by atoms with van der Waals surface area (Å²) in [5, 5.41) is 7.04. The van der Waals surface area contributed by atoms with E-state index in [2.05, 4.69) is 15.5 Å². The van der Waals surface area contributed by atoms with E-state index >= 15 is 0 Å². The van der Waals surface area contributed by atoms with E-state index in [4.69, 9.17) is 9.26 Å². The van der Waals surface area contributed by atoms with Crippen LogP contribution in [0, 0.1) is 5.92 Å². The molecule has 8 nitrogen and oxygen atoms in total. The molecule has 2 aromatic carbocycles. The lowest BCUT2D eigenvalue weighted by Gasteiger charge is -2.32. The van der Waals surface area contributed by atoms with E-state index in [9.17, 15) is 9.59 Å². The van der Waals surface area contributed by atoms with Crippen LogP contribution in [0.5, 0.6) is 5.75 Å². The highest BCUT2D eigenvalue weighted by Gasteiger charge is 2.28. The summed E-state index contributed by atoms with van der Waals surface area (Å²) < 4.78 is 11.0. The number of para-hydroxylation sites is 1. The molecule has 0 radical (unpaired) electrons.